The molecule has 0 unspecified atom stereocenters. The predicted molar refractivity (Wildman–Crippen MR) is 105 cm³/mol. The molecule has 0 aliphatic carbocycles. The second-order valence-corrected chi connectivity index (χ2v) is 6.34. The molecule has 0 bridgehead atoms. The number of aryl methyl sites for hydroxylation is 1. The number of rotatable bonds is 8. The average molecular weight is 364 g/mol. The van der Waals surface area contributed by atoms with Gasteiger partial charge in [0.15, 0.2) is 0 Å². The summed E-state index contributed by atoms with van der Waals surface area (Å²) in [6.07, 6.45) is 2.66. The van der Waals surface area contributed by atoms with E-state index >= 15 is 0 Å². The molecule has 0 saturated carbocycles. The van der Waals surface area contributed by atoms with Crippen LogP contribution in [0.3, 0.4) is 0 Å². The van der Waals surface area contributed by atoms with Crippen LogP contribution in [0.2, 0.25) is 0 Å². The molecule has 3 aromatic rings. The summed E-state index contributed by atoms with van der Waals surface area (Å²) in [5, 5.41) is 15.8. The normalized spacial score (nSPS) is 11.7. The molecule has 3 N–H and O–H groups in total. The molecule has 1 atom stereocenters. The van der Waals surface area contributed by atoms with E-state index in [2.05, 4.69) is 22.8 Å². The standard InChI is InChI=1S/C22H24N2O3/c25-20(18-10-12-19(13-11-18)21-9-5-15-27-21)16-24-22(26)23-14-4-8-17-6-2-1-3-7-17/h1-3,5-7,9-13,15,20,25H,4,8,14,16H2,(H2,23,24,26)/t20-/m0/s1. The van der Waals surface area contributed by atoms with Crippen molar-refractivity contribution in [2.45, 2.75) is 18.9 Å². The summed E-state index contributed by atoms with van der Waals surface area (Å²) in [7, 11) is 0. The Labute approximate surface area is 159 Å². The second-order valence-electron chi connectivity index (χ2n) is 6.34. The first-order valence-corrected chi connectivity index (χ1v) is 9.10. The van der Waals surface area contributed by atoms with Gasteiger partial charge in [-0.1, -0.05) is 54.6 Å². The number of benzene rings is 2. The fourth-order valence-electron chi connectivity index (χ4n) is 2.82. The highest BCUT2D eigenvalue weighted by molar-refractivity contribution is 5.73. The van der Waals surface area contributed by atoms with Crippen LogP contribution in [0.5, 0.6) is 0 Å². The third-order valence-corrected chi connectivity index (χ3v) is 4.33. The first-order chi connectivity index (χ1) is 13.2. The monoisotopic (exact) mass is 364 g/mol. The predicted octanol–water partition coefficient (Wildman–Crippen LogP) is 3.91. The lowest BCUT2D eigenvalue weighted by atomic mass is 10.1. The van der Waals surface area contributed by atoms with Crippen LogP contribution in [-0.4, -0.2) is 24.2 Å². The maximum absolute atomic E-state index is 11.9. The first kappa shape index (κ1) is 18.7. The van der Waals surface area contributed by atoms with Crippen molar-refractivity contribution in [2.75, 3.05) is 13.1 Å². The number of amides is 2. The van der Waals surface area contributed by atoms with Gasteiger partial charge < -0.3 is 20.2 Å². The summed E-state index contributed by atoms with van der Waals surface area (Å²) in [5.41, 5.74) is 2.95. The van der Waals surface area contributed by atoms with Crippen molar-refractivity contribution in [1.29, 1.82) is 0 Å². The Bertz CT molecular complexity index is 815. The topological polar surface area (TPSA) is 74.5 Å². The van der Waals surface area contributed by atoms with E-state index in [1.165, 1.54) is 5.56 Å². The van der Waals surface area contributed by atoms with Crippen molar-refractivity contribution in [3.8, 4) is 11.3 Å². The van der Waals surface area contributed by atoms with Crippen molar-refractivity contribution < 1.29 is 14.3 Å². The van der Waals surface area contributed by atoms with E-state index in [0.29, 0.717) is 6.54 Å². The van der Waals surface area contributed by atoms with Gasteiger partial charge in [-0.2, -0.15) is 0 Å². The molecule has 0 aliphatic heterocycles. The third kappa shape index (κ3) is 5.72. The van der Waals surface area contributed by atoms with Crippen LogP contribution in [0, 0.1) is 0 Å². The largest absolute Gasteiger partial charge is 0.464 e. The molecular weight excluding hydrogens is 340 g/mol. The zero-order chi connectivity index (χ0) is 18.9. The molecule has 5 nitrogen and oxygen atoms in total. The SMILES string of the molecule is O=C(NCCCc1ccccc1)NC[C@H](O)c1ccc(-c2ccco2)cc1. The molecule has 1 aromatic heterocycles. The van der Waals surface area contributed by atoms with E-state index in [0.717, 1.165) is 29.7 Å². The Kier molecular flexibility index (Phi) is 6.66. The highest BCUT2D eigenvalue weighted by Gasteiger charge is 2.10. The third-order valence-electron chi connectivity index (χ3n) is 4.33. The minimum Gasteiger partial charge on any atom is -0.464 e. The smallest absolute Gasteiger partial charge is 0.314 e. The van der Waals surface area contributed by atoms with Crippen LogP contribution in [-0.2, 0) is 6.42 Å². The number of furan rings is 1. The summed E-state index contributed by atoms with van der Waals surface area (Å²) in [6, 6.07) is 21.1. The Balaban J connectivity index is 1.37. The van der Waals surface area contributed by atoms with Gasteiger partial charge in [0.05, 0.1) is 12.4 Å². The average Bonchev–Trinajstić information content (AvgIpc) is 3.25. The number of aliphatic hydroxyl groups excluding tert-OH is 1. The molecule has 0 saturated heterocycles. The van der Waals surface area contributed by atoms with Crippen LogP contribution in [0.4, 0.5) is 4.79 Å². The number of hydrogen-bond donors (Lipinski definition) is 3. The summed E-state index contributed by atoms with van der Waals surface area (Å²) < 4.78 is 5.35. The van der Waals surface area contributed by atoms with Gasteiger partial charge in [-0.3, -0.25) is 0 Å². The molecule has 0 radical (unpaired) electrons. The number of aliphatic hydroxyl groups is 1. The first-order valence-electron chi connectivity index (χ1n) is 9.10. The van der Waals surface area contributed by atoms with Gasteiger partial charge in [0.1, 0.15) is 5.76 Å². The molecule has 0 spiro atoms. The van der Waals surface area contributed by atoms with Gasteiger partial charge >= 0.3 is 6.03 Å². The Morgan fingerprint density at radius 1 is 0.963 bits per heavy atom. The highest BCUT2D eigenvalue weighted by atomic mass is 16.3. The molecular formula is C22H24N2O3. The maximum Gasteiger partial charge on any atom is 0.314 e. The van der Waals surface area contributed by atoms with E-state index in [9.17, 15) is 9.90 Å². The van der Waals surface area contributed by atoms with Gasteiger partial charge in [-0.15, -0.1) is 0 Å². The zero-order valence-electron chi connectivity index (χ0n) is 15.1. The van der Waals surface area contributed by atoms with Crippen LogP contribution in [0.25, 0.3) is 11.3 Å². The van der Waals surface area contributed by atoms with Crippen LogP contribution < -0.4 is 10.6 Å². The number of nitrogens with one attached hydrogen (secondary N) is 2. The van der Waals surface area contributed by atoms with Crippen LogP contribution >= 0.6 is 0 Å². The number of carbonyl (C=O) groups excluding carboxylic acids is 1. The van der Waals surface area contributed by atoms with Gasteiger partial charge in [0.25, 0.3) is 0 Å². The van der Waals surface area contributed by atoms with Gasteiger partial charge in [0, 0.05) is 18.7 Å². The molecule has 3 rings (SSSR count). The molecule has 27 heavy (non-hydrogen) atoms. The number of carbonyl (C=O) groups is 1. The minimum atomic E-state index is -0.759. The van der Waals surface area contributed by atoms with E-state index in [1.807, 2.05) is 54.6 Å². The van der Waals surface area contributed by atoms with Crippen LogP contribution in [0.15, 0.2) is 77.4 Å². The van der Waals surface area contributed by atoms with E-state index in [1.54, 1.807) is 6.26 Å². The lowest BCUT2D eigenvalue weighted by molar-refractivity contribution is 0.173. The number of urea groups is 1. The van der Waals surface area contributed by atoms with Gasteiger partial charge in [-0.25, -0.2) is 4.79 Å². The minimum absolute atomic E-state index is 0.157. The second kappa shape index (κ2) is 9.59. The van der Waals surface area contributed by atoms with Crippen molar-refractivity contribution in [3.63, 3.8) is 0 Å². The Morgan fingerprint density at radius 3 is 2.44 bits per heavy atom. The molecule has 5 heteroatoms. The quantitative estimate of drug-likeness (QED) is 0.531. The molecule has 140 valence electrons. The van der Waals surface area contributed by atoms with Gasteiger partial charge in [0.2, 0.25) is 0 Å². The van der Waals surface area contributed by atoms with Crippen LogP contribution in [0.1, 0.15) is 23.7 Å². The lowest BCUT2D eigenvalue weighted by Crippen LogP contribution is -2.38. The summed E-state index contributed by atoms with van der Waals surface area (Å²) in [6.45, 7) is 0.749. The fourth-order valence-corrected chi connectivity index (χ4v) is 2.82. The Hall–Kier alpha value is -3.05. The summed E-state index contributed by atoms with van der Waals surface area (Å²) in [4.78, 5) is 11.9. The van der Waals surface area contributed by atoms with Crippen molar-refractivity contribution >= 4 is 6.03 Å². The van der Waals surface area contributed by atoms with Crippen molar-refractivity contribution in [3.05, 3.63) is 84.1 Å². The summed E-state index contributed by atoms with van der Waals surface area (Å²) >= 11 is 0. The van der Waals surface area contributed by atoms with Crippen molar-refractivity contribution in [1.82, 2.24) is 10.6 Å². The van der Waals surface area contributed by atoms with E-state index < -0.39 is 6.10 Å². The fraction of sp³-hybridized carbons (Fsp3) is 0.227. The molecule has 2 amide bonds. The zero-order valence-corrected chi connectivity index (χ0v) is 15.1. The van der Waals surface area contributed by atoms with Crippen molar-refractivity contribution in [2.24, 2.45) is 0 Å². The molecule has 0 fully saturated rings. The maximum atomic E-state index is 11.9. The Morgan fingerprint density at radius 2 is 1.74 bits per heavy atom. The summed E-state index contributed by atoms with van der Waals surface area (Å²) in [5.74, 6) is 0.782. The molecule has 1 heterocycles. The van der Waals surface area contributed by atoms with E-state index in [-0.39, 0.29) is 12.6 Å². The highest BCUT2D eigenvalue weighted by Crippen LogP contribution is 2.22. The number of hydrogen-bond acceptors (Lipinski definition) is 3. The van der Waals surface area contributed by atoms with Gasteiger partial charge in [-0.05, 0) is 36.1 Å². The lowest BCUT2D eigenvalue weighted by Gasteiger charge is -2.13. The van der Waals surface area contributed by atoms with E-state index in [4.69, 9.17) is 4.42 Å². The molecule has 2 aromatic carbocycles. The molecule has 0 aliphatic rings.